The summed E-state index contributed by atoms with van der Waals surface area (Å²) in [6.07, 6.45) is -0.452. The molecule has 0 unspecified atom stereocenters. The molecule has 0 aliphatic rings. The Morgan fingerprint density at radius 3 is 2.35 bits per heavy atom. The topological polar surface area (TPSA) is 100 Å². The first kappa shape index (κ1) is 32.0. The molecule has 0 fully saturated rings. The van der Waals surface area contributed by atoms with E-state index in [9.17, 15) is 14.2 Å². The lowest BCUT2D eigenvalue weighted by Crippen LogP contribution is -2.16. The molecule has 0 radical (unpaired) electrons. The largest absolute Gasteiger partial charge is 0.463 e. The lowest BCUT2D eigenvalue weighted by Gasteiger charge is -2.16. The van der Waals surface area contributed by atoms with Crippen LogP contribution in [-0.4, -0.2) is 44.3 Å². The number of benzene rings is 3. The van der Waals surface area contributed by atoms with Crippen molar-refractivity contribution < 1.29 is 32.7 Å². The van der Waals surface area contributed by atoms with Crippen LogP contribution in [0.5, 0.6) is 0 Å². The van der Waals surface area contributed by atoms with E-state index in [0.717, 1.165) is 21.3 Å². The van der Waals surface area contributed by atoms with Crippen molar-refractivity contribution in [1.29, 1.82) is 0 Å². The van der Waals surface area contributed by atoms with E-state index in [1.54, 1.807) is 38.1 Å². The Bertz CT molecular complexity index is 1370. The van der Waals surface area contributed by atoms with Crippen LogP contribution in [0.25, 0.3) is 0 Å². The zero-order valence-electron chi connectivity index (χ0n) is 22.6. The lowest BCUT2D eigenvalue weighted by atomic mass is 9.99. The number of aryl methyl sites for hydroxylation is 1. The molecule has 11 heteroatoms. The Hall–Kier alpha value is -2.52. The molecule has 0 aromatic heterocycles. The number of hydrogen-bond acceptors (Lipinski definition) is 8. The summed E-state index contributed by atoms with van der Waals surface area (Å²) in [4.78, 5) is 25.1. The van der Waals surface area contributed by atoms with E-state index >= 15 is 0 Å². The maximum absolute atomic E-state index is 13.0. The quantitative estimate of drug-likeness (QED) is 0.0771. The summed E-state index contributed by atoms with van der Waals surface area (Å²) in [6.45, 7) is 5.92. The normalized spacial score (nSPS) is 11.3. The minimum atomic E-state index is -3.51. The highest BCUT2D eigenvalue weighted by Crippen LogP contribution is 2.47. The van der Waals surface area contributed by atoms with Crippen LogP contribution in [0.2, 0.25) is 5.02 Å². The fourth-order valence-corrected chi connectivity index (χ4v) is 5.96. The summed E-state index contributed by atoms with van der Waals surface area (Å²) in [5.74, 6) is -0.813. The van der Waals surface area contributed by atoms with E-state index in [1.165, 1.54) is 0 Å². The highest BCUT2D eigenvalue weighted by Gasteiger charge is 2.28. The second-order valence-electron chi connectivity index (χ2n) is 8.64. The molecule has 0 aliphatic carbocycles. The van der Waals surface area contributed by atoms with Gasteiger partial charge in [0.1, 0.15) is 12.8 Å². The highest BCUT2D eigenvalue weighted by molar-refractivity contribution is 9.10. The van der Waals surface area contributed by atoms with Gasteiger partial charge in [-0.3, -0.25) is 14.2 Å². The average Bonchev–Trinajstić information content (AvgIpc) is 2.90. The molecule has 0 atom stereocenters. The van der Waals surface area contributed by atoms with Gasteiger partial charge >= 0.3 is 13.6 Å². The molecule has 3 aromatic rings. The van der Waals surface area contributed by atoms with Gasteiger partial charge < -0.3 is 23.8 Å². The summed E-state index contributed by atoms with van der Waals surface area (Å²) in [5, 5.41) is 3.67. The molecular formula is C29H32BrClNO7P. The van der Waals surface area contributed by atoms with Gasteiger partial charge in [0, 0.05) is 32.5 Å². The van der Waals surface area contributed by atoms with Gasteiger partial charge in [-0.2, -0.15) is 0 Å². The molecule has 8 nitrogen and oxygen atoms in total. The second-order valence-corrected chi connectivity index (χ2v) is 12.0. The first-order valence-electron chi connectivity index (χ1n) is 12.7. The lowest BCUT2D eigenvalue weighted by molar-refractivity contribution is -0.142. The number of rotatable bonds is 15. The molecule has 0 heterocycles. The Morgan fingerprint density at radius 1 is 0.950 bits per heavy atom. The molecule has 0 aliphatic heterocycles. The minimum Gasteiger partial charge on any atom is -0.463 e. The van der Waals surface area contributed by atoms with Gasteiger partial charge in [0.15, 0.2) is 5.78 Å². The Kier molecular flexibility index (Phi) is 12.4. The standard InChI is InChI=1S/C29H32BrClNO7P/c1-4-38-40(35,39-5-2)19-28(33)37-15-14-36-18-21-16-22(30)10-13-27(21)32-23-11-12-25(26(31)17-23)29(34)24-9-7-6-8-20(24)3/h6-13,16-17,32H,4-5,14-15,18-19H2,1-3H3. The van der Waals surface area contributed by atoms with Crippen LogP contribution in [0.4, 0.5) is 11.4 Å². The summed E-state index contributed by atoms with van der Waals surface area (Å²) in [6, 6.07) is 18.3. The van der Waals surface area contributed by atoms with Crippen LogP contribution in [0.15, 0.2) is 65.1 Å². The van der Waals surface area contributed by atoms with Crippen LogP contribution in [0.3, 0.4) is 0 Å². The first-order chi connectivity index (χ1) is 19.2. The number of carbonyl (C=O) groups excluding carboxylic acids is 2. The van der Waals surface area contributed by atoms with Crippen LogP contribution < -0.4 is 5.32 Å². The second kappa shape index (κ2) is 15.5. The van der Waals surface area contributed by atoms with Crippen molar-refractivity contribution in [3.05, 3.63) is 92.4 Å². The summed E-state index contributed by atoms with van der Waals surface area (Å²) in [5.41, 5.74) is 4.25. The monoisotopic (exact) mass is 651 g/mol. The summed E-state index contributed by atoms with van der Waals surface area (Å²) < 4.78 is 34.4. The highest BCUT2D eigenvalue weighted by atomic mass is 79.9. The van der Waals surface area contributed by atoms with Crippen molar-refractivity contribution in [2.75, 3.05) is 37.9 Å². The van der Waals surface area contributed by atoms with Gasteiger partial charge in [0.2, 0.25) is 0 Å². The minimum absolute atomic E-state index is 0.0141. The maximum atomic E-state index is 13.0. The van der Waals surface area contributed by atoms with E-state index in [-0.39, 0.29) is 38.8 Å². The Morgan fingerprint density at radius 2 is 1.68 bits per heavy atom. The van der Waals surface area contributed by atoms with Gasteiger partial charge in [0.05, 0.1) is 31.5 Å². The summed E-state index contributed by atoms with van der Waals surface area (Å²) >= 11 is 9.99. The Balaban J connectivity index is 1.58. The number of nitrogens with one attached hydrogen (secondary N) is 1. The van der Waals surface area contributed by atoms with Gasteiger partial charge in [-0.15, -0.1) is 0 Å². The molecule has 1 N–H and O–H groups in total. The molecule has 214 valence electrons. The number of anilines is 2. The third-order valence-electron chi connectivity index (χ3n) is 5.67. The summed E-state index contributed by atoms with van der Waals surface area (Å²) in [7, 11) is -3.51. The van der Waals surface area contributed by atoms with E-state index in [1.807, 2.05) is 43.3 Å². The van der Waals surface area contributed by atoms with Crippen LogP contribution >= 0.6 is 35.1 Å². The van der Waals surface area contributed by atoms with Crippen molar-refractivity contribution in [3.8, 4) is 0 Å². The molecule has 0 saturated heterocycles. The molecular weight excluding hydrogens is 621 g/mol. The zero-order chi connectivity index (χ0) is 29.1. The number of esters is 1. The van der Waals surface area contributed by atoms with Gasteiger partial charge in [-0.05, 0) is 62.7 Å². The smallest absolute Gasteiger partial charge is 0.341 e. The van der Waals surface area contributed by atoms with Crippen molar-refractivity contribution >= 4 is 58.3 Å². The molecule has 3 aromatic carbocycles. The maximum Gasteiger partial charge on any atom is 0.341 e. The first-order valence-corrected chi connectivity index (χ1v) is 15.6. The molecule has 0 amide bonds. The van der Waals surface area contributed by atoms with Gasteiger partial charge in [0.25, 0.3) is 0 Å². The number of hydrogen-bond donors (Lipinski definition) is 1. The Labute approximate surface area is 248 Å². The number of ether oxygens (including phenoxy) is 2. The van der Waals surface area contributed by atoms with E-state index in [0.29, 0.717) is 21.8 Å². The van der Waals surface area contributed by atoms with E-state index < -0.39 is 19.7 Å². The predicted octanol–water partition coefficient (Wildman–Crippen LogP) is 7.71. The molecule has 40 heavy (non-hydrogen) atoms. The average molecular weight is 653 g/mol. The van der Waals surface area contributed by atoms with Crippen LogP contribution in [0.1, 0.15) is 40.9 Å². The molecule has 0 bridgehead atoms. The third-order valence-corrected chi connectivity index (χ3v) is 8.43. The SMILES string of the molecule is CCOP(=O)(CC(=O)OCCOCc1cc(Br)ccc1Nc1ccc(C(=O)c2ccccc2C)c(Cl)c1)OCC. The number of carbonyl (C=O) groups is 2. The van der Waals surface area contributed by atoms with Crippen molar-refractivity contribution in [3.63, 3.8) is 0 Å². The van der Waals surface area contributed by atoms with E-state index in [2.05, 4.69) is 21.2 Å². The molecule has 0 saturated carbocycles. The fraction of sp³-hybridized carbons (Fsp3) is 0.310. The van der Waals surface area contributed by atoms with Crippen molar-refractivity contribution in [1.82, 2.24) is 0 Å². The van der Waals surface area contributed by atoms with Gasteiger partial charge in [-0.25, -0.2) is 0 Å². The molecule has 3 rings (SSSR count). The van der Waals surface area contributed by atoms with E-state index in [4.69, 9.17) is 30.1 Å². The van der Waals surface area contributed by atoms with Crippen LogP contribution in [-0.2, 0) is 34.5 Å². The molecule has 0 spiro atoms. The van der Waals surface area contributed by atoms with Crippen LogP contribution in [0, 0.1) is 6.92 Å². The van der Waals surface area contributed by atoms with Crippen molar-refractivity contribution in [2.24, 2.45) is 0 Å². The van der Waals surface area contributed by atoms with Crippen molar-refractivity contribution in [2.45, 2.75) is 27.4 Å². The fourth-order valence-electron chi connectivity index (χ4n) is 3.83. The number of halogens is 2. The van der Waals surface area contributed by atoms with Gasteiger partial charge in [-0.1, -0.05) is 51.8 Å². The number of ketones is 1. The third kappa shape index (κ3) is 9.26. The zero-order valence-corrected chi connectivity index (χ0v) is 25.8. The predicted molar refractivity (Wildman–Crippen MR) is 160 cm³/mol.